The van der Waals surface area contributed by atoms with Gasteiger partial charge in [0.15, 0.2) is 5.96 Å². The molecule has 3 fully saturated rings. The van der Waals surface area contributed by atoms with Crippen molar-refractivity contribution in [3.63, 3.8) is 0 Å². The van der Waals surface area contributed by atoms with Gasteiger partial charge in [0.2, 0.25) is 0 Å². The molecule has 1 aliphatic carbocycles. The van der Waals surface area contributed by atoms with Gasteiger partial charge in [-0.1, -0.05) is 19.3 Å². The van der Waals surface area contributed by atoms with Gasteiger partial charge in [-0.2, -0.15) is 0 Å². The third-order valence-electron chi connectivity index (χ3n) is 6.14. The van der Waals surface area contributed by atoms with Gasteiger partial charge in [0, 0.05) is 38.3 Å². The maximum absolute atomic E-state index is 5.72. The number of rotatable bonds is 8. The first-order chi connectivity index (χ1) is 13.3. The lowest BCUT2D eigenvalue weighted by Crippen LogP contribution is -2.51. The van der Waals surface area contributed by atoms with Crippen LogP contribution in [0.2, 0.25) is 0 Å². The maximum Gasteiger partial charge on any atom is 0.191 e. The van der Waals surface area contributed by atoms with Gasteiger partial charge in [0.05, 0.1) is 25.9 Å². The second-order valence-corrected chi connectivity index (χ2v) is 8.22. The molecule has 0 aromatic heterocycles. The van der Waals surface area contributed by atoms with Crippen LogP contribution in [0.1, 0.15) is 64.7 Å². The van der Waals surface area contributed by atoms with E-state index in [1.165, 1.54) is 64.5 Å². The monoisotopic (exact) mass is 508 g/mol. The molecule has 0 bridgehead atoms. The Hall–Kier alpha value is -0.120. The number of nitrogens with zero attached hydrogens (tertiary/aromatic N) is 2. The lowest BCUT2D eigenvalue weighted by atomic mass is 9.92. The van der Waals surface area contributed by atoms with Crippen LogP contribution in [0.15, 0.2) is 4.99 Å². The lowest BCUT2D eigenvalue weighted by Gasteiger charge is -2.39. The first-order valence-electron chi connectivity index (χ1n) is 11.3. The van der Waals surface area contributed by atoms with Crippen LogP contribution in [-0.4, -0.2) is 75.0 Å². The minimum Gasteiger partial charge on any atom is -0.377 e. The van der Waals surface area contributed by atoms with E-state index < -0.39 is 0 Å². The molecule has 28 heavy (non-hydrogen) atoms. The van der Waals surface area contributed by atoms with E-state index in [1.807, 2.05) is 0 Å². The summed E-state index contributed by atoms with van der Waals surface area (Å²) in [4.78, 5) is 7.43. The molecule has 1 saturated carbocycles. The highest BCUT2D eigenvalue weighted by atomic mass is 127. The van der Waals surface area contributed by atoms with E-state index >= 15 is 0 Å². The quantitative estimate of drug-likeness (QED) is 0.228. The molecule has 164 valence electrons. The number of likely N-dealkylation sites (tertiary alicyclic amines) is 1. The molecular formula is C21H41IN4O2. The highest BCUT2D eigenvalue weighted by molar-refractivity contribution is 14.0. The fourth-order valence-electron chi connectivity index (χ4n) is 4.58. The molecule has 1 unspecified atom stereocenters. The van der Waals surface area contributed by atoms with E-state index in [9.17, 15) is 0 Å². The number of halogens is 1. The third kappa shape index (κ3) is 8.32. The molecule has 0 aromatic carbocycles. The zero-order valence-electron chi connectivity index (χ0n) is 17.7. The molecule has 2 aliphatic heterocycles. The summed E-state index contributed by atoms with van der Waals surface area (Å²) in [5, 5.41) is 7.03. The Bertz CT molecular complexity index is 432. The molecule has 7 heteroatoms. The number of hydrogen-bond acceptors (Lipinski definition) is 4. The van der Waals surface area contributed by atoms with Gasteiger partial charge in [-0.3, -0.25) is 4.99 Å². The van der Waals surface area contributed by atoms with Crippen molar-refractivity contribution in [2.75, 3.05) is 46.0 Å². The average molecular weight is 508 g/mol. The van der Waals surface area contributed by atoms with E-state index in [0.29, 0.717) is 31.9 Å². The van der Waals surface area contributed by atoms with Crippen molar-refractivity contribution in [3.8, 4) is 0 Å². The van der Waals surface area contributed by atoms with Crippen molar-refractivity contribution in [3.05, 3.63) is 0 Å². The summed E-state index contributed by atoms with van der Waals surface area (Å²) in [7, 11) is 0. The Morgan fingerprint density at radius 2 is 1.86 bits per heavy atom. The molecule has 2 N–H and O–H groups in total. The van der Waals surface area contributed by atoms with Crippen LogP contribution in [0.3, 0.4) is 0 Å². The topological polar surface area (TPSA) is 58.1 Å². The van der Waals surface area contributed by atoms with Crippen molar-refractivity contribution >= 4 is 29.9 Å². The van der Waals surface area contributed by atoms with Crippen molar-refractivity contribution < 1.29 is 9.47 Å². The summed E-state index contributed by atoms with van der Waals surface area (Å²) >= 11 is 0. The maximum atomic E-state index is 5.72. The molecule has 2 saturated heterocycles. The zero-order chi connectivity index (χ0) is 18.7. The van der Waals surface area contributed by atoms with Crippen molar-refractivity contribution in [1.29, 1.82) is 0 Å². The van der Waals surface area contributed by atoms with Crippen LogP contribution in [0.4, 0.5) is 0 Å². The predicted octanol–water partition coefficient (Wildman–Crippen LogP) is 3.15. The minimum atomic E-state index is 0. The fraction of sp³-hybridized carbons (Fsp3) is 0.952. The summed E-state index contributed by atoms with van der Waals surface area (Å²) in [5.41, 5.74) is 0. The molecule has 3 rings (SSSR count). The van der Waals surface area contributed by atoms with E-state index in [-0.39, 0.29) is 24.0 Å². The van der Waals surface area contributed by atoms with Gasteiger partial charge >= 0.3 is 0 Å². The Morgan fingerprint density at radius 1 is 1.07 bits per heavy atom. The minimum absolute atomic E-state index is 0. The van der Waals surface area contributed by atoms with Crippen LogP contribution in [0.5, 0.6) is 0 Å². The number of aliphatic imine (C=N–C) groups is 1. The lowest BCUT2D eigenvalue weighted by molar-refractivity contribution is 0.0200. The second kappa shape index (κ2) is 14.0. The Morgan fingerprint density at radius 3 is 2.54 bits per heavy atom. The van der Waals surface area contributed by atoms with Gasteiger partial charge in [0.25, 0.3) is 0 Å². The van der Waals surface area contributed by atoms with E-state index in [4.69, 9.17) is 14.5 Å². The van der Waals surface area contributed by atoms with Crippen LogP contribution in [0, 0.1) is 0 Å². The number of guanidine groups is 1. The number of hydrogen-bond donors (Lipinski definition) is 2. The van der Waals surface area contributed by atoms with Gasteiger partial charge < -0.3 is 25.0 Å². The summed E-state index contributed by atoms with van der Waals surface area (Å²) in [5.74, 6) is 0.939. The van der Waals surface area contributed by atoms with Crippen molar-refractivity contribution in [2.45, 2.75) is 82.9 Å². The standard InChI is InChI=1S/C21H40N4O2.HI/c1-2-22-21(23-12-16-26-17-20-9-6-15-27-20)24-18-10-13-25(14-11-18)19-7-4-3-5-8-19;/h18-20H,2-17H2,1H3,(H2,22,23,24);1H. The summed E-state index contributed by atoms with van der Waals surface area (Å²) in [6, 6.07) is 1.39. The highest BCUT2D eigenvalue weighted by Crippen LogP contribution is 2.25. The van der Waals surface area contributed by atoms with Crippen LogP contribution < -0.4 is 10.6 Å². The van der Waals surface area contributed by atoms with Crippen LogP contribution >= 0.6 is 24.0 Å². The van der Waals surface area contributed by atoms with Crippen LogP contribution in [0.25, 0.3) is 0 Å². The second-order valence-electron chi connectivity index (χ2n) is 8.22. The SMILES string of the molecule is CCNC(=NCCOCC1CCCO1)NC1CCN(C2CCCCC2)CC1.I. The fourth-order valence-corrected chi connectivity index (χ4v) is 4.58. The Labute approximate surface area is 188 Å². The summed E-state index contributed by atoms with van der Waals surface area (Å²) in [6.45, 7) is 8.43. The Kier molecular flexibility index (Phi) is 12.1. The average Bonchev–Trinajstić information content (AvgIpc) is 3.23. The first kappa shape index (κ1) is 24.2. The largest absolute Gasteiger partial charge is 0.377 e. The van der Waals surface area contributed by atoms with Crippen LogP contribution in [-0.2, 0) is 9.47 Å². The van der Waals surface area contributed by atoms with E-state index in [2.05, 4.69) is 22.5 Å². The summed E-state index contributed by atoms with van der Waals surface area (Å²) < 4.78 is 11.3. The van der Waals surface area contributed by atoms with Gasteiger partial charge in [-0.15, -0.1) is 24.0 Å². The molecular weight excluding hydrogens is 467 g/mol. The van der Waals surface area contributed by atoms with E-state index in [0.717, 1.165) is 31.6 Å². The number of nitrogens with one attached hydrogen (secondary N) is 2. The van der Waals surface area contributed by atoms with Crippen molar-refractivity contribution in [2.24, 2.45) is 4.99 Å². The molecule has 0 radical (unpaired) electrons. The number of ether oxygens (including phenoxy) is 2. The van der Waals surface area contributed by atoms with Crippen molar-refractivity contribution in [1.82, 2.24) is 15.5 Å². The smallest absolute Gasteiger partial charge is 0.191 e. The molecule has 0 amide bonds. The molecule has 0 spiro atoms. The molecule has 0 aromatic rings. The molecule has 2 heterocycles. The van der Waals surface area contributed by atoms with Gasteiger partial charge in [-0.25, -0.2) is 0 Å². The summed E-state index contributed by atoms with van der Waals surface area (Å²) in [6.07, 6.45) is 12.1. The molecule has 3 aliphatic rings. The van der Waals surface area contributed by atoms with E-state index in [1.54, 1.807) is 0 Å². The predicted molar refractivity (Wildman–Crippen MR) is 126 cm³/mol. The van der Waals surface area contributed by atoms with Gasteiger partial charge in [-0.05, 0) is 45.4 Å². The third-order valence-corrected chi connectivity index (χ3v) is 6.14. The normalized spacial score (nSPS) is 25.5. The molecule has 1 atom stereocenters. The highest BCUT2D eigenvalue weighted by Gasteiger charge is 2.26. The van der Waals surface area contributed by atoms with Gasteiger partial charge in [0.1, 0.15) is 0 Å². The molecule has 6 nitrogen and oxygen atoms in total. The first-order valence-corrected chi connectivity index (χ1v) is 11.3. The zero-order valence-corrected chi connectivity index (χ0v) is 20.0. The Balaban J connectivity index is 0.00000280. The number of piperidine rings is 1.